The Balaban J connectivity index is 1.62. The number of rotatable bonds is 4. The van der Waals surface area contributed by atoms with Crippen LogP contribution in [-0.4, -0.2) is 44.0 Å². The van der Waals surface area contributed by atoms with Crippen LogP contribution in [0.3, 0.4) is 0 Å². The summed E-state index contributed by atoms with van der Waals surface area (Å²) in [5.74, 6) is -0.317. The highest BCUT2D eigenvalue weighted by molar-refractivity contribution is 5.76. The highest BCUT2D eigenvalue weighted by Crippen LogP contribution is 2.24. The van der Waals surface area contributed by atoms with E-state index in [0.29, 0.717) is 0 Å². The third kappa shape index (κ3) is 4.95. The van der Waals surface area contributed by atoms with E-state index in [0.717, 1.165) is 37.2 Å². The molecule has 0 atom stereocenters. The van der Waals surface area contributed by atoms with Gasteiger partial charge in [0.25, 0.3) is 0 Å². The molecule has 3 rings (SSSR count). The van der Waals surface area contributed by atoms with Crippen molar-refractivity contribution in [3.05, 3.63) is 52.6 Å². The van der Waals surface area contributed by atoms with Crippen LogP contribution in [-0.2, 0) is 11.3 Å². The number of ether oxygens (including phenoxy) is 1. The minimum Gasteiger partial charge on any atom is -0.492 e. The van der Waals surface area contributed by atoms with Crippen LogP contribution in [0.25, 0.3) is 0 Å². The first-order valence-corrected chi connectivity index (χ1v) is 9.52. The molecule has 1 fully saturated rings. The minimum absolute atomic E-state index is 0.0212. The van der Waals surface area contributed by atoms with Crippen LogP contribution in [0.2, 0.25) is 0 Å². The van der Waals surface area contributed by atoms with E-state index in [1.807, 2.05) is 18.2 Å². The van der Waals surface area contributed by atoms with E-state index in [1.165, 1.54) is 16.3 Å². The molecular weight excluding hydrogens is 360 g/mol. The molecule has 1 saturated heterocycles. The molecule has 8 nitrogen and oxygen atoms in total. The average Bonchev–Trinajstić information content (AvgIpc) is 2.90. The molecule has 0 bridgehead atoms. The normalized spacial score (nSPS) is 16.1. The summed E-state index contributed by atoms with van der Waals surface area (Å²) < 4.78 is 7.46. The van der Waals surface area contributed by atoms with Crippen molar-refractivity contribution in [2.45, 2.75) is 51.8 Å². The van der Waals surface area contributed by atoms with Crippen LogP contribution >= 0.6 is 0 Å². The first-order chi connectivity index (χ1) is 13.2. The lowest BCUT2D eigenvalue weighted by Crippen LogP contribution is -2.40. The number of aromatic nitrogens is 2. The highest BCUT2D eigenvalue weighted by Gasteiger charge is 2.25. The van der Waals surface area contributed by atoms with Gasteiger partial charge in [-0.15, -0.1) is 0 Å². The van der Waals surface area contributed by atoms with Crippen molar-refractivity contribution >= 4 is 6.09 Å². The Morgan fingerprint density at radius 3 is 2.46 bits per heavy atom. The number of imidazole rings is 1. The van der Waals surface area contributed by atoms with Crippen molar-refractivity contribution in [2.24, 2.45) is 0 Å². The van der Waals surface area contributed by atoms with Crippen LogP contribution in [0.5, 0.6) is 5.88 Å². The topological polar surface area (TPSA) is 88.7 Å². The van der Waals surface area contributed by atoms with Gasteiger partial charge >= 0.3 is 11.8 Å². The van der Waals surface area contributed by atoms with E-state index in [-0.39, 0.29) is 11.9 Å². The van der Waals surface area contributed by atoms with E-state index in [4.69, 9.17) is 4.74 Å². The lowest BCUT2D eigenvalue weighted by molar-refractivity contribution is 0.0609. The minimum atomic E-state index is -0.791. The van der Waals surface area contributed by atoms with Gasteiger partial charge in [0.15, 0.2) is 0 Å². The predicted octanol–water partition coefficient (Wildman–Crippen LogP) is 2.67. The molecule has 28 heavy (non-hydrogen) atoms. The molecule has 1 aromatic carbocycles. The van der Waals surface area contributed by atoms with Gasteiger partial charge in [-0.1, -0.05) is 30.3 Å². The van der Waals surface area contributed by atoms with Crippen molar-refractivity contribution in [3.8, 4) is 5.88 Å². The number of amides is 1. The smallest absolute Gasteiger partial charge is 0.427 e. The molecule has 1 aliphatic heterocycles. The maximum Gasteiger partial charge on any atom is 0.427 e. The number of carbonyl (C=O) groups is 1. The Bertz CT molecular complexity index is 859. The molecule has 0 unspecified atom stereocenters. The van der Waals surface area contributed by atoms with E-state index < -0.39 is 17.4 Å². The van der Waals surface area contributed by atoms with E-state index >= 15 is 0 Å². The van der Waals surface area contributed by atoms with Crippen LogP contribution < -0.4 is 11.1 Å². The number of benzene rings is 1. The van der Waals surface area contributed by atoms with E-state index in [9.17, 15) is 14.7 Å². The van der Waals surface area contributed by atoms with Gasteiger partial charge < -0.3 is 9.84 Å². The van der Waals surface area contributed by atoms with Crippen molar-refractivity contribution in [1.82, 2.24) is 14.1 Å². The Kier molecular flexibility index (Phi) is 5.79. The van der Waals surface area contributed by atoms with Gasteiger partial charge in [0.05, 0.1) is 6.20 Å². The van der Waals surface area contributed by atoms with E-state index in [1.54, 1.807) is 20.8 Å². The second kappa shape index (κ2) is 8.10. The number of piperidine rings is 1. The molecule has 0 aliphatic carbocycles. The first-order valence-electron chi connectivity index (χ1n) is 9.52. The largest absolute Gasteiger partial charge is 0.492 e. The fourth-order valence-electron chi connectivity index (χ4n) is 3.41. The third-order valence-corrected chi connectivity index (χ3v) is 4.70. The second-order valence-electron chi connectivity index (χ2n) is 8.12. The van der Waals surface area contributed by atoms with Crippen molar-refractivity contribution in [1.29, 1.82) is 0 Å². The summed E-state index contributed by atoms with van der Waals surface area (Å²) in [6, 6.07) is 10.3. The summed E-state index contributed by atoms with van der Waals surface area (Å²) >= 11 is 0. The third-order valence-electron chi connectivity index (χ3n) is 4.70. The number of carbonyl (C=O) groups excluding carboxylic acids is 1. The van der Waals surface area contributed by atoms with Gasteiger partial charge in [0.2, 0.25) is 5.88 Å². The van der Waals surface area contributed by atoms with Crippen molar-refractivity contribution < 1.29 is 14.6 Å². The Morgan fingerprint density at radius 2 is 1.86 bits per heavy atom. The van der Waals surface area contributed by atoms with Crippen molar-refractivity contribution in [3.63, 3.8) is 0 Å². The lowest BCUT2D eigenvalue weighted by atomic mass is 10.0. The number of likely N-dealkylation sites (tertiary alicyclic amines) is 1. The Morgan fingerprint density at radius 1 is 1.21 bits per heavy atom. The zero-order chi connectivity index (χ0) is 20.3. The first kappa shape index (κ1) is 20.0. The fourth-order valence-corrected chi connectivity index (χ4v) is 3.41. The number of nitrogens with zero attached hydrogens (tertiary/aromatic N) is 3. The molecule has 152 valence electrons. The molecule has 2 heterocycles. The quantitative estimate of drug-likeness (QED) is 0.841. The number of nitrogens with one attached hydrogen (secondary N) is 1. The van der Waals surface area contributed by atoms with E-state index in [2.05, 4.69) is 22.5 Å². The van der Waals surface area contributed by atoms with Crippen molar-refractivity contribution in [2.75, 3.05) is 18.5 Å². The average molecular weight is 388 g/mol. The molecule has 0 radical (unpaired) electrons. The molecule has 2 N–H and O–H groups in total. The molecule has 0 saturated carbocycles. The van der Waals surface area contributed by atoms with Gasteiger partial charge in [-0.3, -0.25) is 9.47 Å². The summed E-state index contributed by atoms with van der Waals surface area (Å²) in [5, 5.41) is 10.1. The maximum absolute atomic E-state index is 12.6. The van der Waals surface area contributed by atoms with Gasteiger partial charge in [-0.25, -0.2) is 15.0 Å². The molecule has 1 amide bonds. The fraction of sp³-hybridized carbons (Fsp3) is 0.500. The Labute approximate surface area is 164 Å². The lowest BCUT2D eigenvalue weighted by Gasteiger charge is -2.32. The summed E-state index contributed by atoms with van der Waals surface area (Å²) in [7, 11) is 0. The van der Waals surface area contributed by atoms with Gasteiger partial charge in [-0.05, 0) is 39.2 Å². The van der Waals surface area contributed by atoms with Crippen LogP contribution in [0.15, 0.2) is 41.3 Å². The number of hydrogen-bond acceptors (Lipinski definition) is 5. The van der Waals surface area contributed by atoms with Crippen LogP contribution in [0, 0.1) is 0 Å². The maximum atomic E-state index is 12.6. The summed E-state index contributed by atoms with van der Waals surface area (Å²) in [4.78, 5) is 26.9. The molecule has 2 aromatic rings. The highest BCUT2D eigenvalue weighted by atomic mass is 16.6. The SMILES string of the molecule is CC(C)(C)OC(=O)Nn1c(O)cn(C2CCN(Cc3ccccc3)CC2)c1=O. The standard InChI is InChI=1S/C20H28N4O4/c1-20(2,3)28-18(26)21-24-17(25)14-23(19(24)27)16-9-11-22(12-10-16)13-15-7-5-4-6-8-15/h4-8,14,16,25H,9-13H2,1-3H3,(H,21,26). The number of hydrogen-bond donors (Lipinski definition) is 2. The molecule has 1 aromatic heterocycles. The van der Waals surface area contributed by atoms with Gasteiger partial charge in [0.1, 0.15) is 5.60 Å². The second-order valence-corrected chi connectivity index (χ2v) is 8.12. The van der Waals surface area contributed by atoms with Gasteiger partial charge in [-0.2, -0.15) is 4.68 Å². The summed E-state index contributed by atoms with van der Waals surface area (Å²) in [6.45, 7) is 7.78. The van der Waals surface area contributed by atoms with Crippen LogP contribution in [0.4, 0.5) is 4.79 Å². The molecule has 1 aliphatic rings. The summed E-state index contributed by atoms with van der Waals surface area (Å²) in [6.07, 6.45) is 2.17. The molecular formula is C20H28N4O4. The zero-order valence-electron chi connectivity index (χ0n) is 16.6. The molecule has 8 heteroatoms. The Hall–Kier alpha value is -2.74. The zero-order valence-corrected chi connectivity index (χ0v) is 16.6. The molecule has 0 spiro atoms. The monoisotopic (exact) mass is 388 g/mol. The number of aromatic hydroxyl groups is 1. The van der Waals surface area contributed by atoms with Gasteiger partial charge in [0, 0.05) is 25.7 Å². The summed E-state index contributed by atoms with van der Waals surface area (Å²) in [5.41, 5.74) is 2.39. The predicted molar refractivity (Wildman–Crippen MR) is 106 cm³/mol. The van der Waals surface area contributed by atoms with Crippen LogP contribution in [0.1, 0.15) is 45.2 Å².